The van der Waals surface area contributed by atoms with Crippen LogP contribution >= 0.6 is 0 Å². The summed E-state index contributed by atoms with van der Waals surface area (Å²) in [5.41, 5.74) is 8.58. The van der Waals surface area contributed by atoms with Crippen molar-refractivity contribution in [2.45, 2.75) is 51.5 Å². The second kappa shape index (κ2) is 3.88. The summed E-state index contributed by atoms with van der Waals surface area (Å²) in [5.74, 6) is 2.06. The van der Waals surface area contributed by atoms with Gasteiger partial charge in [0.25, 0.3) is 0 Å². The molecule has 2 N–H and O–H groups in total. The van der Waals surface area contributed by atoms with Crippen molar-refractivity contribution >= 4 is 0 Å². The highest BCUT2D eigenvalue weighted by Crippen LogP contribution is 2.40. The Balaban J connectivity index is 1.99. The highest BCUT2D eigenvalue weighted by molar-refractivity contribution is 5.23. The Morgan fingerprint density at radius 2 is 2.19 bits per heavy atom. The molecule has 3 heteroatoms. The normalized spacial score (nSPS) is 24.5. The fourth-order valence-corrected chi connectivity index (χ4v) is 2.88. The zero-order valence-corrected chi connectivity index (χ0v) is 10.1. The van der Waals surface area contributed by atoms with Crippen molar-refractivity contribution < 1.29 is 0 Å². The summed E-state index contributed by atoms with van der Waals surface area (Å²) in [6, 6.07) is 0.756. The molecule has 0 aliphatic heterocycles. The Morgan fingerprint density at radius 1 is 1.38 bits per heavy atom. The zero-order valence-electron chi connectivity index (χ0n) is 10.1. The molecule has 3 rings (SSSR count). The van der Waals surface area contributed by atoms with Gasteiger partial charge in [-0.05, 0) is 44.6 Å². The summed E-state index contributed by atoms with van der Waals surface area (Å²) in [6.07, 6.45) is 7.36. The van der Waals surface area contributed by atoms with Gasteiger partial charge in [-0.25, -0.2) is 4.98 Å². The number of imidazole rings is 1. The lowest BCUT2D eigenvalue weighted by molar-refractivity contribution is 0.479. The van der Waals surface area contributed by atoms with E-state index in [0.717, 1.165) is 24.9 Å². The van der Waals surface area contributed by atoms with Crippen molar-refractivity contribution in [1.82, 2.24) is 9.55 Å². The molecule has 0 aromatic carbocycles. The van der Waals surface area contributed by atoms with Crippen LogP contribution in [0.15, 0.2) is 0 Å². The van der Waals surface area contributed by atoms with E-state index in [0.29, 0.717) is 0 Å². The summed E-state index contributed by atoms with van der Waals surface area (Å²) >= 11 is 0. The van der Waals surface area contributed by atoms with Crippen LogP contribution in [0, 0.1) is 5.92 Å². The van der Waals surface area contributed by atoms with Gasteiger partial charge in [-0.3, -0.25) is 0 Å². The van der Waals surface area contributed by atoms with Crippen LogP contribution < -0.4 is 5.73 Å². The van der Waals surface area contributed by atoms with Crippen LogP contribution in [-0.4, -0.2) is 16.1 Å². The van der Waals surface area contributed by atoms with Crippen molar-refractivity contribution in [1.29, 1.82) is 0 Å². The maximum absolute atomic E-state index is 5.68. The Morgan fingerprint density at radius 3 is 2.88 bits per heavy atom. The SMILES string of the molecule is CC1CCc2c(nc(CCN)n2C2CC2)C1. The molecular formula is C13H21N3. The lowest BCUT2D eigenvalue weighted by Crippen LogP contribution is -2.15. The Kier molecular flexibility index (Phi) is 2.51. The third-order valence-electron chi connectivity index (χ3n) is 3.86. The van der Waals surface area contributed by atoms with Crippen molar-refractivity contribution in [3.8, 4) is 0 Å². The van der Waals surface area contributed by atoms with E-state index in [1.165, 1.54) is 49.3 Å². The van der Waals surface area contributed by atoms with Gasteiger partial charge in [-0.1, -0.05) is 6.92 Å². The topological polar surface area (TPSA) is 43.8 Å². The van der Waals surface area contributed by atoms with Gasteiger partial charge in [0.05, 0.1) is 5.69 Å². The molecule has 1 unspecified atom stereocenters. The third-order valence-corrected chi connectivity index (χ3v) is 3.86. The van der Waals surface area contributed by atoms with Gasteiger partial charge >= 0.3 is 0 Å². The molecule has 2 aliphatic rings. The summed E-state index contributed by atoms with van der Waals surface area (Å²) in [5, 5.41) is 0. The third kappa shape index (κ3) is 1.67. The van der Waals surface area contributed by atoms with E-state index in [4.69, 9.17) is 10.7 Å². The van der Waals surface area contributed by atoms with Gasteiger partial charge < -0.3 is 10.3 Å². The molecule has 1 atom stereocenters. The first-order chi connectivity index (χ1) is 7.79. The van der Waals surface area contributed by atoms with Crippen LogP contribution in [-0.2, 0) is 19.3 Å². The van der Waals surface area contributed by atoms with Gasteiger partial charge in [-0.15, -0.1) is 0 Å². The maximum Gasteiger partial charge on any atom is 0.110 e. The molecule has 0 amide bonds. The first-order valence-corrected chi connectivity index (χ1v) is 6.58. The van der Waals surface area contributed by atoms with E-state index in [1.54, 1.807) is 0 Å². The molecule has 88 valence electrons. The first-order valence-electron chi connectivity index (χ1n) is 6.58. The molecule has 1 saturated carbocycles. The summed E-state index contributed by atoms with van der Waals surface area (Å²) in [6.45, 7) is 3.06. The molecule has 0 spiro atoms. The Labute approximate surface area is 97.0 Å². The van der Waals surface area contributed by atoms with Crippen molar-refractivity contribution in [2.75, 3.05) is 6.54 Å². The number of hydrogen-bond donors (Lipinski definition) is 1. The molecule has 1 aromatic heterocycles. The predicted octanol–water partition coefficient (Wildman–Crippen LogP) is 1.84. The second-order valence-corrected chi connectivity index (χ2v) is 5.41. The fourth-order valence-electron chi connectivity index (χ4n) is 2.88. The van der Waals surface area contributed by atoms with E-state index >= 15 is 0 Å². The van der Waals surface area contributed by atoms with Gasteiger partial charge in [0.1, 0.15) is 5.82 Å². The highest BCUT2D eigenvalue weighted by Gasteiger charge is 2.31. The summed E-state index contributed by atoms with van der Waals surface area (Å²) < 4.78 is 2.52. The molecule has 0 saturated heterocycles. The monoisotopic (exact) mass is 219 g/mol. The van der Waals surface area contributed by atoms with E-state index in [9.17, 15) is 0 Å². The van der Waals surface area contributed by atoms with Gasteiger partial charge in [0.15, 0.2) is 0 Å². The quantitative estimate of drug-likeness (QED) is 0.843. The van der Waals surface area contributed by atoms with Crippen LogP contribution in [0.2, 0.25) is 0 Å². The Hall–Kier alpha value is -0.830. The highest BCUT2D eigenvalue weighted by atomic mass is 15.1. The summed E-state index contributed by atoms with van der Waals surface area (Å²) in [4.78, 5) is 4.84. The molecule has 2 aliphatic carbocycles. The lowest BCUT2D eigenvalue weighted by atomic mass is 9.91. The molecule has 3 nitrogen and oxygen atoms in total. The molecule has 0 radical (unpaired) electrons. The van der Waals surface area contributed by atoms with E-state index in [1.807, 2.05) is 0 Å². The van der Waals surface area contributed by atoms with E-state index in [-0.39, 0.29) is 0 Å². The number of aromatic nitrogens is 2. The second-order valence-electron chi connectivity index (χ2n) is 5.41. The molecular weight excluding hydrogens is 198 g/mol. The number of nitrogens with two attached hydrogens (primary N) is 1. The zero-order chi connectivity index (χ0) is 11.1. The van der Waals surface area contributed by atoms with Crippen molar-refractivity contribution in [3.05, 3.63) is 17.2 Å². The van der Waals surface area contributed by atoms with E-state index < -0.39 is 0 Å². The minimum absolute atomic E-state index is 0.720. The number of nitrogens with zero attached hydrogens (tertiary/aromatic N) is 2. The number of rotatable bonds is 3. The minimum atomic E-state index is 0.720. The van der Waals surface area contributed by atoms with Crippen LogP contribution in [0.25, 0.3) is 0 Å². The molecule has 1 fully saturated rings. The molecule has 16 heavy (non-hydrogen) atoms. The van der Waals surface area contributed by atoms with E-state index in [2.05, 4.69) is 11.5 Å². The molecule has 1 heterocycles. The predicted molar refractivity (Wildman–Crippen MR) is 64.4 cm³/mol. The number of fused-ring (bicyclic) bond motifs is 1. The standard InChI is InChI=1S/C13H21N3/c1-9-2-5-12-11(8-9)15-13(6-7-14)16(12)10-3-4-10/h9-10H,2-8,14H2,1H3. The summed E-state index contributed by atoms with van der Waals surface area (Å²) in [7, 11) is 0. The van der Waals surface area contributed by atoms with Crippen LogP contribution in [0.1, 0.15) is 49.4 Å². The first kappa shape index (κ1) is 10.3. The minimum Gasteiger partial charge on any atom is -0.330 e. The average molecular weight is 219 g/mol. The molecule has 0 bridgehead atoms. The molecule has 1 aromatic rings. The van der Waals surface area contributed by atoms with Gasteiger partial charge in [-0.2, -0.15) is 0 Å². The number of hydrogen-bond acceptors (Lipinski definition) is 2. The average Bonchev–Trinajstić information content (AvgIpc) is 3.02. The van der Waals surface area contributed by atoms with Crippen LogP contribution in [0.4, 0.5) is 0 Å². The largest absolute Gasteiger partial charge is 0.330 e. The van der Waals surface area contributed by atoms with Crippen molar-refractivity contribution in [2.24, 2.45) is 11.7 Å². The Bertz CT molecular complexity index is 390. The van der Waals surface area contributed by atoms with Gasteiger partial charge in [0, 0.05) is 18.2 Å². The lowest BCUT2D eigenvalue weighted by Gasteiger charge is -2.19. The van der Waals surface area contributed by atoms with Crippen molar-refractivity contribution in [3.63, 3.8) is 0 Å². The fraction of sp³-hybridized carbons (Fsp3) is 0.769. The van der Waals surface area contributed by atoms with Crippen LogP contribution in [0.3, 0.4) is 0 Å². The smallest absolute Gasteiger partial charge is 0.110 e. The van der Waals surface area contributed by atoms with Gasteiger partial charge in [0.2, 0.25) is 0 Å². The maximum atomic E-state index is 5.68. The van der Waals surface area contributed by atoms with Crippen LogP contribution in [0.5, 0.6) is 0 Å².